The molecule has 0 aliphatic rings. The van der Waals surface area contributed by atoms with Crippen LogP contribution in [0.15, 0.2) is 36.7 Å². The standard InChI is InChI=1S/C12H13N3/c1-9-3-5-10(6-4-9)11-12(13-2)15-8-7-14-11/h3-8H,1-2H3,(H,13,15). The van der Waals surface area contributed by atoms with Crippen molar-refractivity contribution in [1.82, 2.24) is 9.97 Å². The quantitative estimate of drug-likeness (QED) is 0.807. The van der Waals surface area contributed by atoms with E-state index in [9.17, 15) is 0 Å². The number of aryl methyl sites for hydroxylation is 1. The van der Waals surface area contributed by atoms with Gasteiger partial charge in [-0.15, -0.1) is 0 Å². The average molecular weight is 199 g/mol. The Kier molecular flexibility index (Phi) is 2.63. The Hall–Kier alpha value is -1.90. The predicted molar refractivity (Wildman–Crippen MR) is 61.8 cm³/mol. The van der Waals surface area contributed by atoms with Gasteiger partial charge in [0.05, 0.1) is 0 Å². The second-order valence-corrected chi connectivity index (χ2v) is 3.37. The molecule has 0 bridgehead atoms. The van der Waals surface area contributed by atoms with E-state index in [-0.39, 0.29) is 0 Å². The van der Waals surface area contributed by atoms with E-state index in [2.05, 4.69) is 46.5 Å². The first-order chi connectivity index (χ1) is 7.31. The number of benzene rings is 1. The molecule has 0 saturated heterocycles. The third kappa shape index (κ3) is 1.96. The molecule has 0 aliphatic carbocycles. The lowest BCUT2D eigenvalue weighted by Gasteiger charge is -2.06. The van der Waals surface area contributed by atoms with Crippen LogP contribution in [-0.4, -0.2) is 17.0 Å². The summed E-state index contributed by atoms with van der Waals surface area (Å²) in [5.74, 6) is 0.807. The SMILES string of the molecule is CNc1nccnc1-c1ccc(C)cc1. The Morgan fingerprint density at radius 3 is 2.33 bits per heavy atom. The van der Waals surface area contributed by atoms with Crippen LogP contribution in [0, 0.1) is 6.92 Å². The molecule has 1 heterocycles. The molecule has 0 radical (unpaired) electrons. The summed E-state index contributed by atoms with van der Waals surface area (Å²) in [6.07, 6.45) is 3.39. The van der Waals surface area contributed by atoms with E-state index in [1.807, 2.05) is 7.05 Å². The van der Waals surface area contributed by atoms with Crippen LogP contribution >= 0.6 is 0 Å². The molecule has 1 N–H and O–H groups in total. The molecule has 1 aromatic heterocycles. The molecule has 0 amide bonds. The molecule has 1 aromatic carbocycles. The van der Waals surface area contributed by atoms with Crippen molar-refractivity contribution in [2.24, 2.45) is 0 Å². The van der Waals surface area contributed by atoms with Gasteiger partial charge in [-0.1, -0.05) is 29.8 Å². The number of nitrogens with zero attached hydrogens (tertiary/aromatic N) is 2. The van der Waals surface area contributed by atoms with E-state index >= 15 is 0 Å². The zero-order valence-corrected chi connectivity index (χ0v) is 8.86. The predicted octanol–water partition coefficient (Wildman–Crippen LogP) is 2.49. The van der Waals surface area contributed by atoms with Gasteiger partial charge in [-0.25, -0.2) is 4.98 Å². The molecule has 0 fully saturated rings. The number of hydrogen-bond donors (Lipinski definition) is 1. The molecule has 0 atom stereocenters. The van der Waals surface area contributed by atoms with Crippen LogP contribution in [0.3, 0.4) is 0 Å². The lowest BCUT2D eigenvalue weighted by Crippen LogP contribution is -1.97. The minimum Gasteiger partial charge on any atom is -0.371 e. The van der Waals surface area contributed by atoms with Gasteiger partial charge in [0.15, 0.2) is 5.82 Å². The van der Waals surface area contributed by atoms with Crippen LogP contribution in [-0.2, 0) is 0 Å². The van der Waals surface area contributed by atoms with E-state index in [1.54, 1.807) is 12.4 Å². The van der Waals surface area contributed by atoms with Crippen LogP contribution in [0.5, 0.6) is 0 Å². The van der Waals surface area contributed by atoms with E-state index in [4.69, 9.17) is 0 Å². The highest BCUT2D eigenvalue weighted by Crippen LogP contribution is 2.22. The smallest absolute Gasteiger partial charge is 0.152 e. The van der Waals surface area contributed by atoms with Gasteiger partial charge in [-0.3, -0.25) is 4.98 Å². The largest absolute Gasteiger partial charge is 0.371 e. The first-order valence-corrected chi connectivity index (χ1v) is 4.87. The summed E-state index contributed by atoms with van der Waals surface area (Å²) in [5, 5.41) is 3.04. The molecule has 3 nitrogen and oxygen atoms in total. The third-order valence-electron chi connectivity index (χ3n) is 2.26. The van der Waals surface area contributed by atoms with Crippen LogP contribution in [0.4, 0.5) is 5.82 Å². The van der Waals surface area contributed by atoms with Crippen LogP contribution in [0.1, 0.15) is 5.56 Å². The van der Waals surface area contributed by atoms with Crippen molar-refractivity contribution >= 4 is 5.82 Å². The van der Waals surface area contributed by atoms with Crippen LogP contribution in [0.25, 0.3) is 11.3 Å². The summed E-state index contributed by atoms with van der Waals surface area (Å²) in [6, 6.07) is 8.26. The Labute approximate surface area is 89.2 Å². The minimum absolute atomic E-state index is 0.807. The van der Waals surface area contributed by atoms with Gasteiger partial charge >= 0.3 is 0 Å². The van der Waals surface area contributed by atoms with Crippen LogP contribution in [0.2, 0.25) is 0 Å². The normalized spacial score (nSPS) is 10.0. The van der Waals surface area contributed by atoms with E-state index in [0.29, 0.717) is 0 Å². The molecule has 0 unspecified atom stereocenters. The molecule has 0 spiro atoms. The molecule has 76 valence electrons. The number of hydrogen-bond acceptors (Lipinski definition) is 3. The molecule has 0 aliphatic heterocycles. The molecule has 3 heteroatoms. The van der Waals surface area contributed by atoms with Crippen molar-refractivity contribution < 1.29 is 0 Å². The summed E-state index contributed by atoms with van der Waals surface area (Å²) >= 11 is 0. The fraction of sp³-hybridized carbons (Fsp3) is 0.167. The molecule has 0 saturated carbocycles. The Morgan fingerprint density at radius 2 is 1.67 bits per heavy atom. The molecular formula is C12H13N3. The van der Waals surface area contributed by atoms with Gasteiger partial charge in [0.1, 0.15) is 5.69 Å². The lowest BCUT2D eigenvalue weighted by molar-refractivity contribution is 1.19. The Bertz CT molecular complexity index is 449. The van der Waals surface area contributed by atoms with Crippen molar-refractivity contribution in [3.05, 3.63) is 42.2 Å². The Balaban J connectivity index is 2.49. The highest BCUT2D eigenvalue weighted by molar-refractivity contribution is 5.70. The fourth-order valence-electron chi connectivity index (χ4n) is 1.44. The Morgan fingerprint density at radius 1 is 1.00 bits per heavy atom. The second-order valence-electron chi connectivity index (χ2n) is 3.37. The third-order valence-corrected chi connectivity index (χ3v) is 2.26. The zero-order chi connectivity index (χ0) is 10.7. The average Bonchev–Trinajstić information content (AvgIpc) is 2.30. The fourth-order valence-corrected chi connectivity index (χ4v) is 1.44. The summed E-state index contributed by atoms with van der Waals surface area (Å²) in [4.78, 5) is 8.55. The van der Waals surface area contributed by atoms with Gasteiger partial charge in [0, 0.05) is 25.0 Å². The van der Waals surface area contributed by atoms with Crippen LogP contribution < -0.4 is 5.32 Å². The number of anilines is 1. The summed E-state index contributed by atoms with van der Waals surface area (Å²) in [5.41, 5.74) is 3.21. The van der Waals surface area contributed by atoms with Gasteiger partial charge < -0.3 is 5.32 Å². The molecule has 15 heavy (non-hydrogen) atoms. The first-order valence-electron chi connectivity index (χ1n) is 4.87. The summed E-state index contributed by atoms with van der Waals surface area (Å²) < 4.78 is 0. The zero-order valence-electron chi connectivity index (χ0n) is 8.86. The van der Waals surface area contributed by atoms with Crippen molar-refractivity contribution in [3.63, 3.8) is 0 Å². The van der Waals surface area contributed by atoms with E-state index in [0.717, 1.165) is 17.1 Å². The lowest BCUT2D eigenvalue weighted by atomic mass is 10.1. The number of aromatic nitrogens is 2. The molecule has 2 aromatic rings. The van der Waals surface area contributed by atoms with Gasteiger partial charge in [0.2, 0.25) is 0 Å². The van der Waals surface area contributed by atoms with Crippen molar-refractivity contribution in [2.75, 3.05) is 12.4 Å². The maximum absolute atomic E-state index is 4.32. The van der Waals surface area contributed by atoms with E-state index < -0.39 is 0 Å². The van der Waals surface area contributed by atoms with Gasteiger partial charge in [-0.2, -0.15) is 0 Å². The van der Waals surface area contributed by atoms with Crippen molar-refractivity contribution in [1.29, 1.82) is 0 Å². The minimum atomic E-state index is 0.807. The number of nitrogens with one attached hydrogen (secondary N) is 1. The highest BCUT2D eigenvalue weighted by atomic mass is 15.0. The number of rotatable bonds is 2. The highest BCUT2D eigenvalue weighted by Gasteiger charge is 2.04. The summed E-state index contributed by atoms with van der Waals surface area (Å²) in [6.45, 7) is 2.07. The van der Waals surface area contributed by atoms with Gasteiger partial charge in [-0.05, 0) is 6.92 Å². The van der Waals surface area contributed by atoms with Crippen molar-refractivity contribution in [2.45, 2.75) is 6.92 Å². The topological polar surface area (TPSA) is 37.8 Å². The second kappa shape index (κ2) is 4.09. The molecular weight excluding hydrogens is 186 g/mol. The maximum Gasteiger partial charge on any atom is 0.152 e. The maximum atomic E-state index is 4.32. The summed E-state index contributed by atoms with van der Waals surface area (Å²) in [7, 11) is 1.85. The monoisotopic (exact) mass is 199 g/mol. The van der Waals surface area contributed by atoms with Crippen molar-refractivity contribution in [3.8, 4) is 11.3 Å². The first kappa shape index (κ1) is 9.65. The molecule has 2 rings (SSSR count). The van der Waals surface area contributed by atoms with E-state index in [1.165, 1.54) is 5.56 Å². The van der Waals surface area contributed by atoms with Gasteiger partial charge in [0.25, 0.3) is 0 Å².